The monoisotopic (exact) mass is 413 g/mol. The minimum atomic E-state index is -0.761. The van der Waals surface area contributed by atoms with Gasteiger partial charge in [0, 0.05) is 5.69 Å². The summed E-state index contributed by atoms with van der Waals surface area (Å²) in [5, 5.41) is 3.18. The molecule has 0 spiro atoms. The molecule has 8 heteroatoms. The highest BCUT2D eigenvalue weighted by Crippen LogP contribution is 2.28. The van der Waals surface area contributed by atoms with E-state index in [0.29, 0.717) is 32.8 Å². The number of amides is 1. The maximum Gasteiger partial charge on any atom is 0.329 e. The van der Waals surface area contributed by atoms with Crippen molar-refractivity contribution in [3.8, 4) is 0 Å². The lowest BCUT2D eigenvalue weighted by Gasteiger charge is -2.18. The van der Waals surface area contributed by atoms with E-state index in [0.717, 1.165) is 11.3 Å². The van der Waals surface area contributed by atoms with Gasteiger partial charge in [0.2, 0.25) is 0 Å². The number of carbonyl (C=O) groups is 2. The number of nitrogens with one attached hydrogen (secondary N) is 1. The lowest BCUT2D eigenvalue weighted by atomic mass is 10.2. The van der Waals surface area contributed by atoms with Gasteiger partial charge in [0.05, 0.1) is 22.7 Å². The van der Waals surface area contributed by atoms with E-state index in [1.165, 1.54) is 10.9 Å². The Kier molecular flexibility index (Phi) is 6.12. The summed E-state index contributed by atoms with van der Waals surface area (Å²) in [7, 11) is 0. The van der Waals surface area contributed by atoms with Gasteiger partial charge in [-0.25, -0.2) is 9.78 Å². The van der Waals surface area contributed by atoms with Crippen LogP contribution < -0.4 is 10.9 Å². The van der Waals surface area contributed by atoms with Crippen molar-refractivity contribution < 1.29 is 14.3 Å². The van der Waals surface area contributed by atoms with E-state index in [2.05, 4.69) is 10.3 Å². The van der Waals surface area contributed by atoms with Gasteiger partial charge < -0.3 is 10.1 Å². The molecule has 1 amide bonds. The number of aryl methyl sites for hydroxylation is 1. The Balaban J connectivity index is 2.00. The molecule has 0 radical (unpaired) electrons. The van der Waals surface area contributed by atoms with Crippen LogP contribution in [0.3, 0.4) is 0 Å². The van der Waals surface area contributed by atoms with Crippen molar-refractivity contribution in [3.63, 3.8) is 0 Å². The van der Waals surface area contributed by atoms with Gasteiger partial charge in [0.1, 0.15) is 10.9 Å². The van der Waals surface area contributed by atoms with Crippen molar-refractivity contribution >= 4 is 39.1 Å². The lowest BCUT2D eigenvalue weighted by molar-refractivity contribution is -0.151. The Hall–Kier alpha value is -3.00. The number of nitrogens with zero attached hydrogens (tertiary/aromatic N) is 2. The summed E-state index contributed by atoms with van der Waals surface area (Å²) in [6.45, 7) is 7.05. The van der Waals surface area contributed by atoms with Crippen LogP contribution in [0.2, 0.25) is 0 Å². The maximum atomic E-state index is 13.1. The van der Waals surface area contributed by atoms with Gasteiger partial charge in [0.15, 0.2) is 0 Å². The van der Waals surface area contributed by atoms with E-state index in [1.807, 2.05) is 25.1 Å². The number of hydrogen-bond donors (Lipinski definition) is 1. The first kappa shape index (κ1) is 20.7. The molecule has 29 heavy (non-hydrogen) atoms. The van der Waals surface area contributed by atoms with Crippen LogP contribution in [0, 0.1) is 6.92 Å². The number of para-hydroxylation sites is 1. The van der Waals surface area contributed by atoms with Gasteiger partial charge in [-0.05, 0) is 44.9 Å². The average Bonchev–Trinajstić information content (AvgIpc) is 3.02. The maximum absolute atomic E-state index is 13.1. The Bertz CT molecular complexity index is 1100. The lowest BCUT2D eigenvalue weighted by Crippen LogP contribution is -2.32. The summed E-state index contributed by atoms with van der Waals surface area (Å²) in [4.78, 5) is 43.5. The first-order valence-corrected chi connectivity index (χ1v) is 10.2. The minimum Gasteiger partial charge on any atom is -0.461 e. The molecule has 0 aliphatic heterocycles. The van der Waals surface area contributed by atoms with Crippen molar-refractivity contribution in [2.24, 2.45) is 0 Å². The number of esters is 1. The quantitative estimate of drug-likeness (QED) is 0.619. The molecule has 0 fully saturated rings. The molecular weight excluding hydrogens is 390 g/mol. The summed E-state index contributed by atoms with van der Waals surface area (Å²) < 4.78 is 6.57. The number of thiophene rings is 1. The molecule has 0 aliphatic carbocycles. The number of aromatic nitrogens is 2. The first-order valence-electron chi connectivity index (χ1n) is 9.40. The third-order valence-corrected chi connectivity index (χ3v) is 5.66. The zero-order chi connectivity index (χ0) is 21.1. The number of benzene rings is 1. The molecule has 0 saturated heterocycles. The molecule has 3 aromatic rings. The highest BCUT2D eigenvalue weighted by atomic mass is 32.1. The van der Waals surface area contributed by atoms with Crippen molar-refractivity contribution in [2.75, 3.05) is 5.32 Å². The number of fused-ring (bicyclic) bond motifs is 1. The Morgan fingerprint density at radius 3 is 2.55 bits per heavy atom. The molecule has 7 nitrogen and oxygen atoms in total. The van der Waals surface area contributed by atoms with Crippen LogP contribution in [-0.4, -0.2) is 27.5 Å². The van der Waals surface area contributed by atoms with Crippen molar-refractivity contribution in [3.05, 3.63) is 57.5 Å². The summed E-state index contributed by atoms with van der Waals surface area (Å²) in [6.07, 6.45) is 1.47. The number of rotatable bonds is 6. The minimum absolute atomic E-state index is 0.278. The fourth-order valence-corrected chi connectivity index (χ4v) is 4.11. The summed E-state index contributed by atoms with van der Waals surface area (Å²) in [6, 6.07) is 8.34. The molecule has 2 heterocycles. The van der Waals surface area contributed by atoms with Gasteiger partial charge >= 0.3 is 5.97 Å². The number of ether oxygens (including phenoxy) is 1. The molecule has 1 aromatic carbocycles. The number of anilines is 1. The molecule has 0 saturated carbocycles. The van der Waals surface area contributed by atoms with E-state index >= 15 is 0 Å². The highest BCUT2D eigenvalue weighted by molar-refractivity contribution is 7.20. The largest absolute Gasteiger partial charge is 0.461 e. The molecule has 152 valence electrons. The molecule has 1 unspecified atom stereocenters. The van der Waals surface area contributed by atoms with E-state index < -0.39 is 12.0 Å². The molecule has 0 aliphatic rings. The van der Waals surface area contributed by atoms with Gasteiger partial charge in [-0.2, -0.15) is 0 Å². The second kappa shape index (κ2) is 8.57. The second-order valence-electron chi connectivity index (χ2n) is 6.92. The van der Waals surface area contributed by atoms with Crippen LogP contribution >= 0.6 is 11.3 Å². The Morgan fingerprint density at radius 2 is 1.93 bits per heavy atom. The Labute approximate surface area is 172 Å². The fourth-order valence-electron chi connectivity index (χ4n) is 3.07. The molecular formula is C21H23N3O4S. The molecule has 3 rings (SSSR count). The van der Waals surface area contributed by atoms with Crippen LogP contribution in [0.5, 0.6) is 0 Å². The topological polar surface area (TPSA) is 90.3 Å². The van der Waals surface area contributed by atoms with Gasteiger partial charge in [-0.1, -0.05) is 25.1 Å². The van der Waals surface area contributed by atoms with Crippen LogP contribution in [0.4, 0.5) is 5.69 Å². The van der Waals surface area contributed by atoms with E-state index in [1.54, 1.807) is 32.9 Å². The average molecular weight is 413 g/mol. The van der Waals surface area contributed by atoms with Crippen LogP contribution in [0.15, 0.2) is 41.5 Å². The highest BCUT2D eigenvalue weighted by Gasteiger charge is 2.26. The van der Waals surface area contributed by atoms with Gasteiger partial charge in [0.25, 0.3) is 11.5 Å². The molecule has 1 atom stereocenters. The summed E-state index contributed by atoms with van der Waals surface area (Å²) >= 11 is 1.16. The van der Waals surface area contributed by atoms with Crippen LogP contribution in [0.25, 0.3) is 10.2 Å². The summed E-state index contributed by atoms with van der Waals surface area (Å²) in [5.41, 5.74) is 0.870. The van der Waals surface area contributed by atoms with Crippen LogP contribution in [-0.2, 0) is 9.53 Å². The van der Waals surface area contributed by atoms with Gasteiger partial charge in [-0.3, -0.25) is 14.2 Å². The standard InChI is InChI=1S/C21H23N3O4S/c1-5-15(21(27)28-12(2)3)24-11-22-19-16(20(24)26)13(4)17(29-19)18(25)23-14-9-7-6-8-10-14/h6-12,15H,5H2,1-4H3,(H,23,25). The van der Waals surface area contributed by atoms with Crippen molar-refractivity contribution in [1.29, 1.82) is 0 Å². The molecule has 0 bridgehead atoms. The third-order valence-electron chi connectivity index (χ3n) is 4.46. The van der Waals surface area contributed by atoms with E-state index in [4.69, 9.17) is 4.74 Å². The number of carbonyl (C=O) groups excluding carboxylic acids is 2. The second-order valence-corrected chi connectivity index (χ2v) is 7.92. The first-order chi connectivity index (χ1) is 13.8. The number of hydrogen-bond acceptors (Lipinski definition) is 6. The van der Waals surface area contributed by atoms with E-state index in [9.17, 15) is 14.4 Å². The zero-order valence-electron chi connectivity index (χ0n) is 16.8. The zero-order valence-corrected chi connectivity index (χ0v) is 17.6. The predicted octanol–water partition coefficient (Wildman–Crippen LogP) is 3.92. The normalized spacial score (nSPS) is 12.2. The molecule has 1 N–H and O–H groups in total. The summed E-state index contributed by atoms with van der Waals surface area (Å²) in [5.74, 6) is -0.769. The van der Waals surface area contributed by atoms with Crippen LogP contribution in [0.1, 0.15) is 48.5 Å². The van der Waals surface area contributed by atoms with E-state index in [-0.39, 0.29) is 17.6 Å². The smallest absolute Gasteiger partial charge is 0.329 e. The molecule has 2 aromatic heterocycles. The van der Waals surface area contributed by atoms with Gasteiger partial charge in [-0.15, -0.1) is 11.3 Å². The SMILES string of the molecule is CCC(C(=O)OC(C)C)n1cnc2sc(C(=O)Nc3ccccc3)c(C)c2c1=O. The van der Waals surface area contributed by atoms with Crippen molar-refractivity contribution in [2.45, 2.75) is 46.3 Å². The third kappa shape index (κ3) is 4.22. The predicted molar refractivity (Wildman–Crippen MR) is 114 cm³/mol. The van der Waals surface area contributed by atoms with Crippen molar-refractivity contribution in [1.82, 2.24) is 9.55 Å². The Morgan fingerprint density at radius 1 is 1.24 bits per heavy atom. The fraction of sp³-hybridized carbons (Fsp3) is 0.333.